The SMILES string of the molecule is CC(C)(C)OC(=O)NC1CCCN(c2nc3ccccc3n2Cc2cccc(Cl)c2)C1. The number of ether oxygens (including phenoxy) is 1. The number of piperidine rings is 1. The van der Waals surface area contributed by atoms with Crippen molar-refractivity contribution in [3.8, 4) is 0 Å². The summed E-state index contributed by atoms with van der Waals surface area (Å²) < 4.78 is 7.67. The van der Waals surface area contributed by atoms with Crippen molar-refractivity contribution in [2.45, 2.75) is 51.8 Å². The van der Waals surface area contributed by atoms with E-state index in [-0.39, 0.29) is 12.1 Å². The molecule has 0 radical (unpaired) electrons. The van der Waals surface area contributed by atoms with Gasteiger partial charge >= 0.3 is 6.09 Å². The zero-order chi connectivity index (χ0) is 22.0. The second-order valence-corrected chi connectivity index (χ2v) is 9.48. The van der Waals surface area contributed by atoms with Crippen LogP contribution >= 0.6 is 11.6 Å². The molecule has 1 aliphatic heterocycles. The summed E-state index contributed by atoms with van der Waals surface area (Å²) in [5.41, 5.74) is 2.66. The van der Waals surface area contributed by atoms with E-state index in [2.05, 4.69) is 26.9 Å². The van der Waals surface area contributed by atoms with Gasteiger partial charge in [-0.3, -0.25) is 0 Å². The van der Waals surface area contributed by atoms with Gasteiger partial charge in [0.05, 0.1) is 17.6 Å². The van der Waals surface area contributed by atoms with Gasteiger partial charge in [-0.25, -0.2) is 9.78 Å². The van der Waals surface area contributed by atoms with Gasteiger partial charge in [-0.1, -0.05) is 35.9 Å². The molecule has 2 aromatic carbocycles. The van der Waals surface area contributed by atoms with Gasteiger partial charge < -0.3 is 19.5 Å². The molecule has 0 saturated carbocycles. The minimum absolute atomic E-state index is 0.0167. The number of aromatic nitrogens is 2. The van der Waals surface area contributed by atoms with Crippen molar-refractivity contribution in [2.75, 3.05) is 18.0 Å². The van der Waals surface area contributed by atoms with Crippen molar-refractivity contribution in [3.63, 3.8) is 0 Å². The summed E-state index contributed by atoms with van der Waals surface area (Å²) in [7, 11) is 0. The molecule has 4 rings (SSSR count). The van der Waals surface area contributed by atoms with Gasteiger partial charge in [0.2, 0.25) is 5.95 Å². The van der Waals surface area contributed by atoms with Gasteiger partial charge in [-0.2, -0.15) is 0 Å². The highest BCUT2D eigenvalue weighted by atomic mass is 35.5. The molecule has 1 aromatic heterocycles. The van der Waals surface area contributed by atoms with E-state index in [1.54, 1.807) is 0 Å². The smallest absolute Gasteiger partial charge is 0.407 e. The van der Waals surface area contributed by atoms with Crippen LogP contribution in [0.25, 0.3) is 11.0 Å². The number of nitrogens with zero attached hydrogens (tertiary/aromatic N) is 3. The third-order valence-electron chi connectivity index (χ3n) is 5.29. The number of benzene rings is 2. The Kier molecular flexibility index (Phi) is 6.10. The number of carbonyl (C=O) groups is 1. The summed E-state index contributed by atoms with van der Waals surface area (Å²) in [4.78, 5) is 19.5. The van der Waals surface area contributed by atoms with Crippen molar-refractivity contribution in [3.05, 3.63) is 59.1 Å². The predicted octanol–water partition coefficient (Wildman–Crippen LogP) is 5.23. The maximum atomic E-state index is 12.3. The fourth-order valence-corrected chi connectivity index (χ4v) is 4.24. The van der Waals surface area contributed by atoms with Gasteiger partial charge in [-0.15, -0.1) is 0 Å². The Labute approximate surface area is 188 Å². The molecule has 1 atom stereocenters. The van der Waals surface area contributed by atoms with E-state index in [1.807, 2.05) is 57.2 Å². The highest BCUT2D eigenvalue weighted by Crippen LogP contribution is 2.27. The summed E-state index contributed by atoms with van der Waals surface area (Å²) >= 11 is 6.22. The third kappa shape index (κ3) is 5.31. The Morgan fingerprint density at radius 1 is 1.23 bits per heavy atom. The van der Waals surface area contributed by atoms with Crippen LogP contribution in [0.3, 0.4) is 0 Å². The minimum atomic E-state index is -0.511. The number of para-hydroxylation sites is 2. The van der Waals surface area contributed by atoms with Gasteiger partial charge in [0, 0.05) is 24.2 Å². The molecule has 1 aliphatic rings. The molecule has 0 aliphatic carbocycles. The van der Waals surface area contributed by atoms with Crippen LogP contribution < -0.4 is 10.2 Å². The molecule has 1 amide bonds. The Bertz CT molecular complexity index is 1070. The van der Waals surface area contributed by atoms with Crippen LogP contribution in [0.4, 0.5) is 10.7 Å². The summed E-state index contributed by atoms with van der Waals surface area (Å²) in [5, 5.41) is 3.75. The molecule has 31 heavy (non-hydrogen) atoms. The van der Waals surface area contributed by atoms with E-state index < -0.39 is 5.60 Å². The number of amides is 1. The Morgan fingerprint density at radius 2 is 2.03 bits per heavy atom. The summed E-state index contributed by atoms with van der Waals surface area (Å²) in [6.45, 7) is 7.88. The lowest BCUT2D eigenvalue weighted by Crippen LogP contribution is -2.49. The molecule has 7 heteroatoms. The molecule has 164 valence electrons. The van der Waals surface area contributed by atoms with Crippen molar-refractivity contribution >= 4 is 34.7 Å². The lowest BCUT2D eigenvalue weighted by molar-refractivity contribution is 0.0500. The second kappa shape index (κ2) is 8.79. The van der Waals surface area contributed by atoms with Gasteiger partial charge in [0.25, 0.3) is 0 Å². The number of nitrogens with one attached hydrogen (secondary N) is 1. The Balaban J connectivity index is 1.59. The number of hydrogen-bond acceptors (Lipinski definition) is 4. The molecule has 1 saturated heterocycles. The topological polar surface area (TPSA) is 59.4 Å². The summed E-state index contributed by atoms with van der Waals surface area (Å²) in [5.74, 6) is 0.914. The number of anilines is 1. The van der Waals surface area contributed by atoms with Crippen molar-refractivity contribution in [1.29, 1.82) is 0 Å². The van der Waals surface area contributed by atoms with E-state index in [9.17, 15) is 4.79 Å². The maximum absolute atomic E-state index is 12.3. The lowest BCUT2D eigenvalue weighted by atomic mass is 10.1. The predicted molar refractivity (Wildman–Crippen MR) is 125 cm³/mol. The van der Waals surface area contributed by atoms with Crippen LogP contribution in [-0.2, 0) is 11.3 Å². The van der Waals surface area contributed by atoms with E-state index in [4.69, 9.17) is 21.3 Å². The van der Waals surface area contributed by atoms with E-state index in [1.165, 1.54) is 0 Å². The normalized spacial score (nSPS) is 17.0. The summed E-state index contributed by atoms with van der Waals surface area (Å²) in [6.07, 6.45) is 1.53. The van der Waals surface area contributed by atoms with Gasteiger partial charge in [0.15, 0.2) is 0 Å². The monoisotopic (exact) mass is 440 g/mol. The van der Waals surface area contributed by atoms with E-state index >= 15 is 0 Å². The highest BCUT2D eigenvalue weighted by molar-refractivity contribution is 6.30. The average Bonchev–Trinajstić information content (AvgIpc) is 3.05. The molecule has 6 nitrogen and oxygen atoms in total. The molecule has 1 N–H and O–H groups in total. The first kappa shape index (κ1) is 21.5. The van der Waals surface area contributed by atoms with Crippen molar-refractivity contribution < 1.29 is 9.53 Å². The van der Waals surface area contributed by atoms with Crippen molar-refractivity contribution in [1.82, 2.24) is 14.9 Å². The largest absolute Gasteiger partial charge is 0.444 e. The standard InChI is InChI=1S/C24H29ClN4O2/c1-24(2,3)31-23(30)26-19-10-7-13-28(16-19)22-27-20-11-4-5-12-21(20)29(22)15-17-8-6-9-18(25)14-17/h4-6,8-9,11-12,14,19H,7,10,13,15-16H2,1-3H3,(H,26,30). The first-order valence-electron chi connectivity index (χ1n) is 10.7. The average molecular weight is 441 g/mol. The molecule has 0 bridgehead atoms. The quantitative estimate of drug-likeness (QED) is 0.603. The first-order chi connectivity index (χ1) is 14.8. The number of rotatable bonds is 4. The number of fused-ring (bicyclic) bond motifs is 1. The highest BCUT2D eigenvalue weighted by Gasteiger charge is 2.27. The number of carbonyl (C=O) groups excluding carboxylic acids is 1. The zero-order valence-corrected chi connectivity index (χ0v) is 19.0. The Morgan fingerprint density at radius 3 is 2.81 bits per heavy atom. The van der Waals surface area contributed by atoms with Crippen LogP contribution in [0.2, 0.25) is 5.02 Å². The molecular weight excluding hydrogens is 412 g/mol. The van der Waals surface area contributed by atoms with E-state index in [0.717, 1.165) is 47.0 Å². The fourth-order valence-electron chi connectivity index (χ4n) is 4.03. The zero-order valence-electron chi connectivity index (χ0n) is 18.3. The van der Waals surface area contributed by atoms with Gasteiger partial charge in [-0.05, 0) is 63.4 Å². The van der Waals surface area contributed by atoms with Crippen LogP contribution in [-0.4, -0.2) is 40.4 Å². The van der Waals surface area contributed by atoms with Crippen LogP contribution in [0.1, 0.15) is 39.2 Å². The van der Waals surface area contributed by atoms with Crippen LogP contribution in [0, 0.1) is 0 Å². The number of alkyl carbamates (subject to hydrolysis) is 1. The molecule has 2 heterocycles. The lowest BCUT2D eigenvalue weighted by Gasteiger charge is -2.34. The fraction of sp³-hybridized carbons (Fsp3) is 0.417. The summed E-state index contributed by atoms with van der Waals surface area (Å²) in [6, 6.07) is 16.1. The molecule has 1 unspecified atom stereocenters. The molecule has 1 fully saturated rings. The van der Waals surface area contributed by atoms with Gasteiger partial charge in [0.1, 0.15) is 5.60 Å². The number of imidazole rings is 1. The Hall–Kier alpha value is -2.73. The third-order valence-corrected chi connectivity index (χ3v) is 5.52. The minimum Gasteiger partial charge on any atom is -0.444 e. The van der Waals surface area contributed by atoms with E-state index in [0.29, 0.717) is 13.1 Å². The maximum Gasteiger partial charge on any atom is 0.407 e. The van der Waals surface area contributed by atoms with Crippen molar-refractivity contribution in [2.24, 2.45) is 0 Å². The molecule has 0 spiro atoms. The number of halogens is 1. The van der Waals surface area contributed by atoms with Crippen LogP contribution in [0.5, 0.6) is 0 Å². The second-order valence-electron chi connectivity index (χ2n) is 9.05. The van der Waals surface area contributed by atoms with Crippen LogP contribution in [0.15, 0.2) is 48.5 Å². The molecular formula is C24H29ClN4O2. The first-order valence-corrected chi connectivity index (χ1v) is 11.1. The molecule has 3 aromatic rings. The number of hydrogen-bond donors (Lipinski definition) is 1.